The zero-order chi connectivity index (χ0) is 30.2. The molecule has 0 fully saturated rings. The Bertz CT molecular complexity index is 1930. The number of sulfonamides is 1. The summed E-state index contributed by atoms with van der Waals surface area (Å²) in [6.07, 6.45) is 4.36. The molecule has 3 heterocycles. The molecule has 1 amide bonds. The average Bonchev–Trinajstić information content (AvgIpc) is 3.50. The van der Waals surface area contributed by atoms with Crippen LogP contribution in [0.4, 0.5) is 14.6 Å². The average molecular weight is 592 g/mol. The van der Waals surface area contributed by atoms with E-state index in [1.165, 1.54) is 36.1 Å². The molecule has 5 aromatic rings. The van der Waals surface area contributed by atoms with Crippen LogP contribution < -0.4 is 10.0 Å². The number of nitrogens with one attached hydrogen (secondary N) is 2. The predicted molar refractivity (Wildman–Crippen MR) is 155 cm³/mol. The van der Waals surface area contributed by atoms with Gasteiger partial charge in [-0.25, -0.2) is 13.8 Å². The summed E-state index contributed by atoms with van der Waals surface area (Å²) >= 11 is 0. The fraction of sp³-hybridized carbons (Fsp3) is 0.172. The van der Waals surface area contributed by atoms with Crippen molar-refractivity contribution in [2.24, 2.45) is 14.1 Å². The summed E-state index contributed by atoms with van der Waals surface area (Å²) in [7, 11) is -0.683. The Balaban J connectivity index is 1.65. The number of anilines is 1. The smallest absolute Gasteiger partial charge is 0.282 e. The standard InChI is InChI=1S/C29H27F2N7O3S/c1-5-21-9-10-22(27(34-21)25(33-17(2)39)13-18-11-19(30)14-20(31)12-18)23-7-6-8-24-28(23)38(4)35-29(24)36-42(40,41)26-15-37(3)16-32-26/h5-12,14-16,25H,1,13H2,2-4H3,(H,33,39)(H,35,36)/t25-/m0/s1. The van der Waals surface area contributed by atoms with Crippen molar-refractivity contribution in [2.45, 2.75) is 24.4 Å². The van der Waals surface area contributed by atoms with Gasteiger partial charge in [-0.2, -0.15) is 13.5 Å². The van der Waals surface area contributed by atoms with Gasteiger partial charge in [0.25, 0.3) is 10.0 Å². The molecule has 13 heteroatoms. The van der Waals surface area contributed by atoms with Crippen molar-refractivity contribution in [3.05, 3.63) is 96.2 Å². The van der Waals surface area contributed by atoms with Gasteiger partial charge in [0.1, 0.15) is 11.6 Å². The fourth-order valence-electron chi connectivity index (χ4n) is 4.86. The van der Waals surface area contributed by atoms with E-state index >= 15 is 0 Å². The molecule has 0 spiro atoms. The SMILES string of the molecule is C=Cc1ccc(-c2cccc3c(NS(=O)(=O)c4cn(C)cn4)nn(C)c23)c([C@H](Cc2cc(F)cc(F)c2)NC(C)=O)n1. The van der Waals surface area contributed by atoms with E-state index in [0.717, 1.165) is 6.07 Å². The Kier molecular flexibility index (Phi) is 7.61. The summed E-state index contributed by atoms with van der Waals surface area (Å²) in [5, 5.41) is 7.66. The van der Waals surface area contributed by atoms with Gasteiger partial charge >= 0.3 is 0 Å². The fourth-order valence-corrected chi connectivity index (χ4v) is 5.86. The number of rotatable bonds is 9. The molecule has 0 unspecified atom stereocenters. The second-order valence-corrected chi connectivity index (χ2v) is 11.4. The first kappa shape index (κ1) is 28.6. The van der Waals surface area contributed by atoms with Crippen LogP contribution in [-0.4, -0.2) is 38.6 Å². The van der Waals surface area contributed by atoms with Crippen LogP contribution in [0, 0.1) is 11.6 Å². The number of nitrogens with zero attached hydrogens (tertiary/aromatic N) is 5. The normalized spacial score (nSPS) is 12.3. The van der Waals surface area contributed by atoms with E-state index in [0.29, 0.717) is 39.0 Å². The minimum Gasteiger partial charge on any atom is -0.348 e. The monoisotopic (exact) mass is 591 g/mol. The summed E-state index contributed by atoms with van der Waals surface area (Å²) in [6.45, 7) is 5.14. The van der Waals surface area contributed by atoms with Crippen LogP contribution >= 0.6 is 0 Å². The number of fused-ring (bicyclic) bond motifs is 1. The largest absolute Gasteiger partial charge is 0.348 e. The second kappa shape index (κ2) is 11.2. The number of amides is 1. The van der Waals surface area contributed by atoms with Gasteiger partial charge in [-0.05, 0) is 42.3 Å². The van der Waals surface area contributed by atoms with E-state index in [1.54, 1.807) is 49.1 Å². The molecule has 0 aliphatic carbocycles. The van der Waals surface area contributed by atoms with E-state index in [2.05, 4.69) is 26.7 Å². The zero-order valence-electron chi connectivity index (χ0n) is 23.0. The number of imidazole rings is 1. The highest BCUT2D eigenvalue weighted by molar-refractivity contribution is 7.92. The van der Waals surface area contributed by atoms with Gasteiger partial charge in [0, 0.05) is 49.8 Å². The number of para-hydroxylation sites is 1. The summed E-state index contributed by atoms with van der Waals surface area (Å²) in [4.78, 5) is 20.9. The summed E-state index contributed by atoms with van der Waals surface area (Å²) in [5.41, 5.74) is 3.11. The lowest BCUT2D eigenvalue weighted by Gasteiger charge is -2.22. The minimum absolute atomic E-state index is 0.0470. The van der Waals surface area contributed by atoms with E-state index in [9.17, 15) is 22.0 Å². The van der Waals surface area contributed by atoms with Crippen LogP contribution in [0.5, 0.6) is 0 Å². The van der Waals surface area contributed by atoms with Gasteiger partial charge in [0.2, 0.25) is 5.91 Å². The Morgan fingerprint density at radius 3 is 2.48 bits per heavy atom. The van der Waals surface area contributed by atoms with Gasteiger partial charge in [0.15, 0.2) is 10.8 Å². The van der Waals surface area contributed by atoms with Crippen molar-refractivity contribution in [3.8, 4) is 11.1 Å². The van der Waals surface area contributed by atoms with Crippen molar-refractivity contribution >= 4 is 38.7 Å². The molecule has 0 radical (unpaired) electrons. The first-order valence-electron chi connectivity index (χ1n) is 12.8. The lowest BCUT2D eigenvalue weighted by atomic mass is 9.93. The second-order valence-electron chi connectivity index (χ2n) is 9.76. The zero-order valence-corrected chi connectivity index (χ0v) is 23.8. The first-order chi connectivity index (χ1) is 19.9. The van der Waals surface area contributed by atoms with Gasteiger partial charge < -0.3 is 9.88 Å². The highest BCUT2D eigenvalue weighted by Gasteiger charge is 2.25. The molecule has 42 heavy (non-hydrogen) atoms. The third-order valence-electron chi connectivity index (χ3n) is 6.57. The highest BCUT2D eigenvalue weighted by Crippen LogP contribution is 2.37. The van der Waals surface area contributed by atoms with Crippen LogP contribution in [0.25, 0.3) is 28.1 Å². The molecule has 10 nitrogen and oxygen atoms in total. The molecule has 5 rings (SSSR count). The number of pyridine rings is 1. The van der Waals surface area contributed by atoms with Crippen molar-refractivity contribution in [1.82, 2.24) is 29.6 Å². The molecule has 0 aliphatic rings. The number of benzene rings is 2. The Hall–Kier alpha value is -4.91. The van der Waals surface area contributed by atoms with Crippen LogP contribution in [0.1, 0.15) is 29.9 Å². The minimum atomic E-state index is -4.02. The van der Waals surface area contributed by atoms with Crippen molar-refractivity contribution < 1.29 is 22.0 Å². The lowest BCUT2D eigenvalue weighted by molar-refractivity contribution is -0.119. The van der Waals surface area contributed by atoms with E-state index in [1.807, 2.05) is 6.07 Å². The molecule has 2 N–H and O–H groups in total. The predicted octanol–water partition coefficient (Wildman–Crippen LogP) is 4.51. The third-order valence-corrected chi connectivity index (χ3v) is 7.79. The Morgan fingerprint density at radius 1 is 1.10 bits per heavy atom. The van der Waals surface area contributed by atoms with E-state index in [4.69, 9.17) is 4.98 Å². The Morgan fingerprint density at radius 2 is 1.83 bits per heavy atom. The maximum absolute atomic E-state index is 14.0. The quantitative estimate of drug-likeness (QED) is 0.260. The summed E-state index contributed by atoms with van der Waals surface area (Å²) in [6, 6.07) is 11.3. The molecule has 0 saturated heterocycles. The number of aryl methyl sites for hydroxylation is 2. The topological polar surface area (TPSA) is 124 Å². The van der Waals surface area contributed by atoms with Gasteiger partial charge in [-0.1, -0.05) is 24.8 Å². The van der Waals surface area contributed by atoms with Gasteiger partial charge in [-0.15, -0.1) is 0 Å². The molecule has 0 aliphatic heterocycles. The maximum Gasteiger partial charge on any atom is 0.282 e. The highest BCUT2D eigenvalue weighted by atomic mass is 32.2. The van der Waals surface area contributed by atoms with Crippen LogP contribution in [0.15, 0.2) is 72.7 Å². The molecular formula is C29H27F2N7O3S. The number of carbonyl (C=O) groups is 1. The number of aromatic nitrogens is 5. The number of halogens is 2. The summed E-state index contributed by atoms with van der Waals surface area (Å²) < 4.78 is 59.7. The Labute approximate surface area is 240 Å². The van der Waals surface area contributed by atoms with E-state index in [-0.39, 0.29) is 23.2 Å². The molecule has 216 valence electrons. The van der Waals surface area contributed by atoms with Gasteiger partial charge in [0.05, 0.1) is 29.3 Å². The van der Waals surface area contributed by atoms with Crippen LogP contribution in [0.3, 0.4) is 0 Å². The first-order valence-corrected chi connectivity index (χ1v) is 14.3. The summed E-state index contributed by atoms with van der Waals surface area (Å²) in [5.74, 6) is -1.73. The molecule has 0 bridgehead atoms. The van der Waals surface area contributed by atoms with E-state index < -0.39 is 27.7 Å². The van der Waals surface area contributed by atoms with Crippen molar-refractivity contribution in [3.63, 3.8) is 0 Å². The maximum atomic E-state index is 14.0. The number of carbonyl (C=O) groups excluding carboxylic acids is 1. The molecular weight excluding hydrogens is 564 g/mol. The molecule has 2 aromatic carbocycles. The number of hydrogen-bond acceptors (Lipinski definition) is 6. The van der Waals surface area contributed by atoms with Crippen LogP contribution in [-0.2, 0) is 35.3 Å². The van der Waals surface area contributed by atoms with Crippen molar-refractivity contribution in [1.29, 1.82) is 0 Å². The van der Waals surface area contributed by atoms with Gasteiger partial charge in [-0.3, -0.25) is 19.2 Å². The third kappa shape index (κ3) is 5.77. The van der Waals surface area contributed by atoms with Crippen molar-refractivity contribution in [2.75, 3.05) is 4.72 Å². The lowest BCUT2D eigenvalue weighted by Crippen LogP contribution is -2.29. The number of hydrogen-bond donors (Lipinski definition) is 2. The molecule has 3 aromatic heterocycles. The molecule has 1 atom stereocenters. The van der Waals surface area contributed by atoms with Crippen LogP contribution in [0.2, 0.25) is 0 Å². The molecule has 0 saturated carbocycles.